The van der Waals surface area contributed by atoms with Gasteiger partial charge in [-0.25, -0.2) is 13.1 Å². The Bertz CT molecular complexity index is 964. The van der Waals surface area contributed by atoms with E-state index < -0.39 is 10.0 Å². The molecule has 2 aromatic carbocycles. The lowest BCUT2D eigenvalue weighted by Gasteiger charge is -2.19. The summed E-state index contributed by atoms with van der Waals surface area (Å²) in [5, 5.41) is 0.702. The van der Waals surface area contributed by atoms with Crippen LogP contribution in [-0.4, -0.2) is 33.2 Å². The summed E-state index contributed by atoms with van der Waals surface area (Å²) in [5.74, 6) is 1.53. The first-order valence-corrected chi connectivity index (χ1v) is 12.1. The molecular formula is C20H23ClN2O3S2. The summed E-state index contributed by atoms with van der Waals surface area (Å²) in [7, 11) is -3.58. The predicted octanol–water partition coefficient (Wildman–Crippen LogP) is 3.99. The summed E-state index contributed by atoms with van der Waals surface area (Å²) in [6.07, 6.45) is 1.39. The van der Waals surface area contributed by atoms with Gasteiger partial charge in [0.05, 0.1) is 4.90 Å². The average Bonchev–Trinajstić information content (AvgIpc) is 3.07. The maximum absolute atomic E-state index is 12.5. The van der Waals surface area contributed by atoms with Gasteiger partial charge in [0.25, 0.3) is 0 Å². The maximum Gasteiger partial charge on any atom is 0.240 e. The monoisotopic (exact) mass is 438 g/mol. The van der Waals surface area contributed by atoms with Crippen molar-refractivity contribution in [3.05, 3.63) is 58.6 Å². The highest BCUT2D eigenvalue weighted by Crippen LogP contribution is 2.27. The van der Waals surface area contributed by atoms with Gasteiger partial charge in [-0.3, -0.25) is 4.79 Å². The molecule has 0 unspecified atom stereocenters. The number of nitrogens with zero attached hydrogens (tertiary/aromatic N) is 1. The average molecular weight is 439 g/mol. The highest BCUT2D eigenvalue weighted by atomic mass is 35.5. The van der Waals surface area contributed by atoms with Crippen LogP contribution in [0.2, 0.25) is 5.02 Å². The maximum atomic E-state index is 12.5. The van der Waals surface area contributed by atoms with E-state index in [0.717, 1.165) is 29.0 Å². The Hall–Kier alpha value is -1.54. The van der Waals surface area contributed by atoms with Crippen molar-refractivity contribution in [2.75, 3.05) is 23.7 Å². The van der Waals surface area contributed by atoms with Crippen LogP contribution >= 0.6 is 23.4 Å². The second-order valence-electron chi connectivity index (χ2n) is 6.68. The van der Waals surface area contributed by atoms with Crippen LogP contribution in [0.4, 0.5) is 5.69 Å². The van der Waals surface area contributed by atoms with Gasteiger partial charge in [-0.05, 0) is 54.8 Å². The van der Waals surface area contributed by atoms with Crippen LogP contribution in [0.25, 0.3) is 0 Å². The van der Waals surface area contributed by atoms with Gasteiger partial charge in [0, 0.05) is 41.7 Å². The number of sulfonamides is 1. The molecule has 28 heavy (non-hydrogen) atoms. The second-order valence-corrected chi connectivity index (χ2v) is 9.99. The van der Waals surface area contributed by atoms with Crippen LogP contribution in [0, 0.1) is 6.92 Å². The van der Waals surface area contributed by atoms with Crippen molar-refractivity contribution in [3.63, 3.8) is 0 Å². The Morgan fingerprint density at radius 2 is 2.04 bits per heavy atom. The third-order valence-corrected chi connectivity index (χ3v) is 7.26. The molecule has 0 saturated carbocycles. The first-order valence-electron chi connectivity index (χ1n) is 9.10. The van der Waals surface area contributed by atoms with Gasteiger partial charge in [0.15, 0.2) is 0 Å². The van der Waals surface area contributed by atoms with Crippen LogP contribution in [0.5, 0.6) is 0 Å². The number of anilines is 1. The van der Waals surface area contributed by atoms with E-state index in [0.29, 0.717) is 30.3 Å². The van der Waals surface area contributed by atoms with Crippen LogP contribution in [0.15, 0.2) is 47.4 Å². The Balaban J connectivity index is 1.54. The Morgan fingerprint density at radius 1 is 1.21 bits per heavy atom. The quantitative estimate of drug-likeness (QED) is 0.633. The number of hydrogen-bond acceptors (Lipinski definition) is 4. The fourth-order valence-corrected chi connectivity index (χ4v) is 5.41. The molecule has 1 heterocycles. The van der Waals surface area contributed by atoms with Gasteiger partial charge < -0.3 is 4.90 Å². The fourth-order valence-electron chi connectivity index (χ4n) is 3.15. The number of halogens is 1. The van der Waals surface area contributed by atoms with Crippen LogP contribution in [0.1, 0.15) is 24.0 Å². The van der Waals surface area contributed by atoms with E-state index in [1.54, 1.807) is 34.9 Å². The van der Waals surface area contributed by atoms with Crippen molar-refractivity contribution in [2.45, 2.75) is 30.4 Å². The number of aryl methyl sites for hydroxylation is 1. The van der Waals surface area contributed by atoms with E-state index in [9.17, 15) is 13.2 Å². The van der Waals surface area contributed by atoms with Crippen molar-refractivity contribution in [1.82, 2.24) is 4.72 Å². The van der Waals surface area contributed by atoms with E-state index >= 15 is 0 Å². The fraction of sp³-hybridized carbons (Fsp3) is 0.350. The molecule has 8 heteroatoms. The summed E-state index contributed by atoms with van der Waals surface area (Å²) >= 11 is 7.61. The van der Waals surface area contributed by atoms with E-state index in [4.69, 9.17) is 11.6 Å². The molecular weight excluding hydrogens is 416 g/mol. The van der Waals surface area contributed by atoms with E-state index in [1.807, 2.05) is 31.2 Å². The normalized spacial score (nSPS) is 14.6. The van der Waals surface area contributed by atoms with Crippen molar-refractivity contribution in [1.29, 1.82) is 0 Å². The zero-order valence-electron chi connectivity index (χ0n) is 15.7. The number of carbonyl (C=O) groups is 1. The van der Waals surface area contributed by atoms with Crippen LogP contribution in [0.3, 0.4) is 0 Å². The number of carbonyl (C=O) groups excluding carboxylic acids is 1. The molecule has 1 aliphatic rings. The van der Waals surface area contributed by atoms with Gasteiger partial charge in [0.1, 0.15) is 0 Å². The van der Waals surface area contributed by atoms with Gasteiger partial charge in [-0.2, -0.15) is 11.8 Å². The summed E-state index contributed by atoms with van der Waals surface area (Å²) < 4.78 is 27.7. The van der Waals surface area contributed by atoms with Crippen LogP contribution < -0.4 is 9.62 Å². The number of nitrogens with one attached hydrogen (secondary N) is 1. The Morgan fingerprint density at radius 3 is 2.71 bits per heavy atom. The van der Waals surface area contributed by atoms with Crippen molar-refractivity contribution < 1.29 is 13.2 Å². The van der Waals surface area contributed by atoms with Crippen LogP contribution in [-0.2, 0) is 20.6 Å². The Kier molecular flexibility index (Phi) is 7.04. The molecule has 1 fully saturated rings. The van der Waals surface area contributed by atoms with Gasteiger partial charge in [0.2, 0.25) is 15.9 Å². The molecule has 1 amide bonds. The van der Waals surface area contributed by atoms with E-state index in [-0.39, 0.29) is 10.8 Å². The number of benzene rings is 2. The molecule has 0 aromatic heterocycles. The molecule has 0 spiro atoms. The molecule has 2 aromatic rings. The largest absolute Gasteiger partial charge is 0.312 e. The molecule has 5 nitrogen and oxygen atoms in total. The zero-order chi connectivity index (χ0) is 20.1. The second kappa shape index (κ2) is 9.31. The van der Waals surface area contributed by atoms with Gasteiger partial charge in [-0.1, -0.05) is 23.7 Å². The minimum absolute atomic E-state index is 0.0913. The smallest absolute Gasteiger partial charge is 0.240 e. The number of hydrogen-bond donors (Lipinski definition) is 1. The third kappa shape index (κ3) is 5.29. The minimum Gasteiger partial charge on any atom is -0.312 e. The number of thioether (sulfide) groups is 1. The topological polar surface area (TPSA) is 66.5 Å². The van der Waals surface area contributed by atoms with E-state index in [2.05, 4.69) is 4.72 Å². The zero-order valence-corrected chi connectivity index (χ0v) is 18.0. The molecule has 0 radical (unpaired) electrons. The number of rotatable bonds is 8. The lowest BCUT2D eigenvalue weighted by Crippen LogP contribution is -2.27. The molecule has 1 N–H and O–H groups in total. The van der Waals surface area contributed by atoms with Gasteiger partial charge in [-0.15, -0.1) is 0 Å². The van der Waals surface area contributed by atoms with Crippen molar-refractivity contribution in [2.24, 2.45) is 0 Å². The SMILES string of the molecule is Cc1cc(S(=O)(=O)NCCSCc2cccc(Cl)c2)ccc1N1CCCC1=O. The lowest BCUT2D eigenvalue weighted by molar-refractivity contribution is -0.117. The molecule has 1 aliphatic heterocycles. The lowest BCUT2D eigenvalue weighted by atomic mass is 10.2. The Labute approximate surface area is 175 Å². The summed E-state index contributed by atoms with van der Waals surface area (Å²) in [6.45, 7) is 2.87. The van der Waals surface area contributed by atoms with Gasteiger partial charge >= 0.3 is 0 Å². The predicted molar refractivity (Wildman–Crippen MR) is 116 cm³/mol. The third-order valence-electron chi connectivity index (χ3n) is 4.54. The minimum atomic E-state index is -3.58. The summed E-state index contributed by atoms with van der Waals surface area (Å²) in [4.78, 5) is 13.9. The number of amides is 1. The van der Waals surface area contributed by atoms with E-state index in [1.165, 1.54) is 0 Å². The highest BCUT2D eigenvalue weighted by molar-refractivity contribution is 7.98. The molecule has 150 valence electrons. The molecule has 0 bridgehead atoms. The summed E-state index contributed by atoms with van der Waals surface area (Å²) in [6, 6.07) is 12.6. The molecule has 3 rings (SSSR count). The highest BCUT2D eigenvalue weighted by Gasteiger charge is 2.24. The molecule has 0 atom stereocenters. The first kappa shape index (κ1) is 21.2. The first-order chi connectivity index (χ1) is 13.4. The summed E-state index contributed by atoms with van der Waals surface area (Å²) in [5.41, 5.74) is 2.69. The molecule has 1 saturated heterocycles. The standard InChI is InChI=1S/C20H23ClN2O3S2/c1-15-12-18(7-8-19(15)23-10-3-6-20(23)24)28(25,26)22-9-11-27-14-16-4-2-5-17(21)13-16/h2,4-5,7-8,12-13,22H,3,6,9-11,14H2,1H3. The molecule has 0 aliphatic carbocycles. The van der Waals surface area contributed by atoms with Crippen molar-refractivity contribution >= 4 is 45.0 Å². The van der Waals surface area contributed by atoms with Crippen molar-refractivity contribution in [3.8, 4) is 0 Å².